The van der Waals surface area contributed by atoms with Crippen molar-refractivity contribution < 1.29 is 9.34 Å². The van der Waals surface area contributed by atoms with E-state index in [9.17, 15) is 10.1 Å². The Morgan fingerprint density at radius 1 is 1.17 bits per heavy atom. The van der Waals surface area contributed by atoms with Gasteiger partial charge in [0.1, 0.15) is 0 Å². The van der Waals surface area contributed by atoms with Gasteiger partial charge in [-0.1, -0.05) is 45.9 Å². The first-order chi connectivity index (χ1) is 11.1. The minimum Gasteiger partial charge on any atom is -0.411 e. The number of thioether (sulfide) groups is 1. The molecule has 0 radical (unpaired) electrons. The average molecular weight is 392 g/mol. The Labute approximate surface area is 144 Å². The molecule has 0 saturated heterocycles. The normalized spacial score (nSPS) is 10.7. The van der Waals surface area contributed by atoms with Gasteiger partial charge in [0.2, 0.25) is 5.89 Å². The molecule has 0 fully saturated rings. The van der Waals surface area contributed by atoms with E-state index < -0.39 is 4.92 Å². The van der Waals surface area contributed by atoms with Gasteiger partial charge >= 0.3 is 0 Å². The van der Waals surface area contributed by atoms with Crippen LogP contribution in [0.2, 0.25) is 0 Å². The van der Waals surface area contributed by atoms with Crippen molar-refractivity contribution >= 4 is 33.4 Å². The van der Waals surface area contributed by atoms with E-state index in [1.807, 2.05) is 36.4 Å². The zero-order valence-corrected chi connectivity index (χ0v) is 14.1. The molecule has 23 heavy (non-hydrogen) atoms. The Kier molecular flexibility index (Phi) is 4.73. The molecule has 1 heterocycles. The third-order valence-electron chi connectivity index (χ3n) is 2.94. The number of non-ortho nitro benzene ring substituents is 1. The lowest BCUT2D eigenvalue weighted by atomic mass is 10.2. The van der Waals surface area contributed by atoms with E-state index >= 15 is 0 Å². The minimum absolute atomic E-state index is 0.0467. The summed E-state index contributed by atoms with van der Waals surface area (Å²) in [6.07, 6.45) is 0. The number of halogens is 1. The lowest BCUT2D eigenvalue weighted by Crippen LogP contribution is -1.90. The summed E-state index contributed by atoms with van der Waals surface area (Å²) < 4.78 is 6.26. The van der Waals surface area contributed by atoms with Crippen LogP contribution < -0.4 is 0 Å². The predicted octanol–water partition coefficient (Wildman–Crippen LogP) is 4.70. The number of nitrogens with zero attached hydrogens (tertiary/aromatic N) is 3. The topological polar surface area (TPSA) is 82.1 Å². The third kappa shape index (κ3) is 3.96. The van der Waals surface area contributed by atoms with Crippen LogP contribution in [-0.2, 0) is 5.75 Å². The molecular formula is C15H10BrN3O3S. The fourth-order valence-electron chi connectivity index (χ4n) is 1.93. The van der Waals surface area contributed by atoms with Crippen molar-refractivity contribution in [3.8, 4) is 11.5 Å². The Bertz CT molecular complexity index is 839. The number of nitro benzene ring substituents is 1. The van der Waals surface area contributed by atoms with Gasteiger partial charge in [-0.2, -0.15) is 0 Å². The molecule has 1 aromatic heterocycles. The van der Waals surface area contributed by atoms with Gasteiger partial charge in [0, 0.05) is 27.9 Å². The van der Waals surface area contributed by atoms with E-state index in [4.69, 9.17) is 4.42 Å². The number of nitro groups is 1. The summed E-state index contributed by atoms with van der Waals surface area (Å²) in [5.41, 5.74) is 1.70. The summed E-state index contributed by atoms with van der Waals surface area (Å²) in [5.74, 6) is 0.949. The maximum absolute atomic E-state index is 10.9. The number of hydrogen-bond donors (Lipinski definition) is 0. The number of rotatable bonds is 5. The summed E-state index contributed by atoms with van der Waals surface area (Å²) in [6.45, 7) is 0. The molecule has 8 heteroatoms. The van der Waals surface area contributed by atoms with Gasteiger partial charge in [-0.25, -0.2) is 0 Å². The zero-order chi connectivity index (χ0) is 16.2. The molecule has 3 rings (SSSR count). The summed E-state index contributed by atoms with van der Waals surface area (Å²) in [5, 5.41) is 19.3. The van der Waals surface area contributed by atoms with E-state index in [0.717, 1.165) is 11.1 Å². The molecule has 0 amide bonds. The van der Waals surface area contributed by atoms with Crippen LogP contribution in [0.15, 0.2) is 62.6 Å². The average Bonchev–Trinajstić information content (AvgIpc) is 3.02. The Hall–Kier alpha value is -2.19. The molecule has 0 unspecified atom stereocenters. The lowest BCUT2D eigenvalue weighted by molar-refractivity contribution is -0.385. The molecule has 0 bridgehead atoms. The van der Waals surface area contributed by atoms with E-state index in [1.54, 1.807) is 0 Å². The highest BCUT2D eigenvalue weighted by atomic mass is 79.9. The van der Waals surface area contributed by atoms with Crippen LogP contribution in [-0.4, -0.2) is 15.1 Å². The maximum Gasteiger partial charge on any atom is 0.277 e. The van der Waals surface area contributed by atoms with Crippen molar-refractivity contribution in [2.45, 2.75) is 11.0 Å². The first-order valence-electron chi connectivity index (χ1n) is 6.57. The van der Waals surface area contributed by atoms with Crippen molar-refractivity contribution in [2.75, 3.05) is 0 Å². The first-order valence-corrected chi connectivity index (χ1v) is 8.35. The van der Waals surface area contributed by atoms with Crippen LogP contribution in [0, 0.1) is 10.1 Å². The van der Waals surface area contributed by atoms with Crippen molar-refractivity contribution in [1.82, 2.24) is 10.2 Å². The zero-order valence-electron chi connectivity index (χ0n) is 11.7. The van der Waals surface area contributed by atoms with E-state index in [0.29, 0.717) is 21.3 Å². The molecule has 2 aromatic carbocycles. The monoisotopic (exact) mass is 391 g/mol. The highest BCUT2D eigenvalue weighted by molar-refractivity contribution is 9.10. The SMILES string of the molecule is O=[N+]([O-])c1cc(Br)cc(CSc2nnc(-c3ccccc3)o2)c1. The number of hydrogen-bond acceptors (Lipinski definition) is 6. The highest BCUT2D eigenvalue weighted by Gasteiger charge is 2.12. The third-order valence-corrected chi connectivity index (χ3v) is 4.29. The van der Waals surface area contributed by atoms with Crippen molar-refractivity contribution in [2.24, 2.45) is 0 Å². The molecule has 116 valence electrons. The van der Waals surface area contributed by atoms with Gasteiger partial charge in [-0.15, -0.1) is 10.2 Å². The molecule has 3 aromatic rings. The summed E-state index contributed by atoms with van der Waals surface area (Å²) >= 11 is 4.61. The van der Waals surface area contributed by atoms with Crippen LogP contribution >= 0.6 is 27.7 Å². The van der Waals surface area contributed by atoms with Crippen LogP contribution in [0.3, 0.4) is 0 Å². The quantitative estimate of drug-likeness (QED) is 0.356. The van der Waals surface area contributed by atoms with Gasteiger partial charge < -0.3 is 4.42 Å². The Balaban J connectivity index is 1.72. The Morgan fingerprint density at radius 2 is 1.96 bits per heavy atom. The molecular weight excluding hydrogens is 382 g/mol. The predicted molar refractivity (Wildman–Crippen MR) is 90.1 cm³/mol. The number of aromatic nitrogens is 2. The molecule has 0 aliphatic rings. The highest BCUT2D eigenvalue weighted by Crippen LogP contribution is 2.28. The van der Waals surface area contributed by atoms with E-state index in [-0.39, 0.29) is 5.69 Å². The number of benzene rings is 2. The van der Waals surface area contributed by atoms with Crippen LogP contribution in [0.25, 0.3) is 11.5 Å². The second-order valence-corrected chi connectivity index (χ2v) is 6.44. The summed E-state index contributed by atoms with van der Waals surface area (Å²) in [6, 6.07) is 14.3. The summed E-state index contributed by atoms with van der Waals surface area (Å²) in [4.78, 5) is 10.5. The second-order valence-electron chi connectivity index (χ2n) is 4.60. The molecule has 0 aliphatic carbocycles. The lowest BCUT2D eigenvalue weighted by Gasteiger charge is -2.00. The molecule has 0 N–H and O–H groups in total. The largest absolute Gasteiger partial charge is 0.411 e. The molecule has 6 nitrogen and oxygen atoms in total. The molecule has 0 saturated carbocycles. The van der Waals surface area contributed by atoms with Gasteiger partial charge in [0.05, 0.1) is 4.92 Å². The van der Waals surface area contributed by atoms with Crippen LogP contribution in [0.5, 0.6) is 0 Å². The molecule has 0 aliphatic heterocycles. The van der Waals surface area contributed by atoms with Crippen molar-refractivity contribution in [3.05, 3.63) is 68.7 Å². The molecule has 0 atom stereocenters. The standard InChI is InChI=1S/C15H10BrN3O3S/c16-12-6-10(7-13(8-12)19(20)21)9-23-15-18-17-14(22-15)11-4-2-1-3-5-11/h1-8H,9H2. The fourth-order valence-corrected chi connectivity index (χ4v) is 3.15. The van der Waals surface area contributed by atoms with Crippen molar-refractivity contribution in [3.63, 3.8) is 0 Å². The first kappa shape index (κ1) is 15.7. The smallest absolute Gasteiger partial charge is 0.277 e. The van der Waals surface area contributed by atoms with Crippen LogP contribution in [0.4, 0.5) is 5.69 Å². The van der Waals surface area contributed by atoms with Gasteiger partial charge in [0.25, 0.3) is 10.9 Å². The van der Waals surface area contributed by atoms with Crippen LogP contribution in [0.1, 0.15) is 5.56 Å². The Morgan fingerprint density at radius 3 is 2.70 bits per heavy atom. The maximum atomic E-state index is 10.9. The van der Waals surface area contributed by atoms with E-state index in [2.05, 4.69) is 26.1 Å². The van der Waals surface area contributed by atoms with Gasteiger partial charge in [-0.3, -0.25) is 10.1 Å². The van der Waals surface area contributed by atoms with Gasteiger partial charge in [-0.05, 0) is 23.8 Å². The minimum atomic E-state index is -0.418. The molecule has 0 spiro atoms. The second kappa shape index (κ2) is 6.93. The van der Waals surface area contributed by atoms with Crippen molar-refractivity contribution in [1.29, 1.82) is 0 Å². The van der Waals surface area contributed by atoms with E-state index in [1.165, 1.54) is 23.9 Å². The fraction of sp³-hybridized carbons (Fsp3) is 0.0667. The van der Waals surface area contributed by atoms with Gasteiger partial charge in [0.15, 0.2) is 0 Å². The summed E-state index contributed by atoms with van der Waals surface area (Å²) in [7, 11) is 0.